The molecule has 1 saturated carbocycles. The Morgan fingerprint density at radius 1 is 1.30 bits per heavy atom. The number of hydrogen-bond donors (Lipinski definition) is 0. The molecule has 0 radical (unpaired) electrons. The van der Waals surface area contributed by atoms with Gasteiger partial charge < -0.3 is 4.74 Å². The fourth-order valence-corrected chi connectivity index (χ4v) is 4.41. The van der Waals surface area contributed by atoms with E-state index < -0.39 is 10.0 Å². The van der Waals surface area contributed by atoms with E-state index in [4.69, 9.17) is 4.74 Å². The first-order chi connectivity index (χ1) is 11.0. The van der Waals surface area contributed by atoms with Crippen molar-refractivity contribution in [3.63, 3.8) is 0 Å². The maximum atomic E-state index is 11.6. The summed E-state index contributed by atoms with van der Waals surface area (Å²) in [6, 6.07) is 0. The number of sulfonamides is 1. The molecule has 1 saturated heterocycles. The van der Waals surface area contributed by atoms with Gasteiger partial charge in [0.1, 0.15) is 0 Å². The highest BCUT2D eigenvalue weighted by molar-refractivity contribution is 7.88. The average molecular weight is 342 g/mol. The molecule has 130 valence electrons. The van der Waals surface area contributed by atoms with Gasteiger partial charge in [0.15, 0.2) is 0 Å². The summed E-state index contributed by atoms with van der Waals surface area (Å²) < 4.78 is 32.2. The Morgan fingerprint density at radius 3 is 2.61 bits per heavy atom. The maximum Gasteiger partial charge on any atom is 0.211 e. The second-order valence-electron chi connectivity index (χ2n) is 6.72. The molecule has 2 heterocycles. The molecule has 1 aliphatic heterocycles. The van der Waals surface area contributed by atoms with Crippen LogP contribution < -0.4 is 0 Å². The monoisotopic (exact) mass is 342 g/mol. The average Bonchev–Trinajstić information content (AvgIpc) is 2.93. The molecule has 0 amide bonds. The Morgan fingerprint density at radius 2 is 2.00 bits per heavy atom. The van der Waals surface area contributed by atoms with Gasteiger partial charge in [0, 0.05) is 38.4 Å². The van der Waals surface area contributed by atoms with Gasteiger partial charge in [-0.1, -0.05) is 5.21 Å². The molecule has 1 aromatic heterocycles. The van der Waals surface area contributed by atoms with E-state index in [-0.39, 0.29) is 0 Å². The van der Waals surface area contributed by atoms with Gasteiger partial charge in [0.05, 0.1) is 18.1 Å². The first-order valence-electron chi connectivity index (χ1n) is 8.42. The number of hydrogen-bond acceptors (Lipinski definition) is 5. The first kappa shape index (κ1) is 16.9. The minimum Gasteiger partial charge on any atom is -0.378 e. The minimum atomic E-state index is -3.07. The molecule has 1 aromatic rings. The summed E-state index contributed by atoms with van der Waals surface area (Å²) in [6.07, 6.45) is 7.59. The van der Waals surface area contributed by atoms with Crippen LogP contribution in [0.15, 0.2) is 6.20 Å². The lowest BCUT2D eigenvalue weighted by Gasteiger charge is -2.34. The second-order valence-corrected chi connectivity index (χ2v) is 8.70. The highest BCUT2D eigenvalue weighted by atomic mass is 32.2. The van der Waals surface area contributed by atoms with Crippen molar-refractivity contribution in [1.82, 2.24) is 19.3 Å². The molecule has 2 aliphatic rings. The lowest BCUT2D eigenvalue weighted by atomic mass is 9.82. The van der Waals surface area contributed by atoms with Gasteiger partial charge in [-0.2, -0.15) is 0 Å². The Kier molecular flexibility index (Phi) is 5.03. The van der Waals surface area contributed by atoms with E-state index in [2.05, 4.69) is 10.3 Å². The predicted octanol–water partition coefficient (Wildman–Crippen LogP) is 1.23. The van der Waals surface area contributed by atoms with E-state index in [1.165, 1.54) is 6.26 Å². The van der Waals surface area contributed by atoms with Gasteiger partial charge in [-0.05, 0) is 38.5 Å². The summed E-state index contributed by atoms with van der Waals surface area (Å²) in [5, 5.41) is 8.55. The summed E-state index contributed by atoms with van der Waals surface area (Å²) in [4.78, 5) is 0. The van der Waals surface area contributed by atoms with Crippen molar-refractivity contribution in [2.45, 2.75) is 51.2 Å². The number of aromatic nitrogens is 3. The standard InChI is InChI=1S/C15H26N4O3S/c1-3-22-14-8-12(9-14)10-18-11-15(16-17-18)13-4-6-19(7-5-13)23(2,20)21/h11-14H,3-10H2,1-2H3. The predicted molar refractivity (Wildman–Crippen MR) is 86.6 cm³/mol. The van der Waals surface area contributed by atoms with Crippen molar-refractivity contribution < 1.29 is 13.2 Å². The summed E-state index contributed by atoms with van der Waals surface area (Å²) in [6.45, 7) is 4.88. The molecule has 0 unspecified atom stereocenters. The lowest BCUT2D eigenvalue weighted by molar-refractivity contribution is -0.0298. The summed E-state index contributed by atoms with van der Waals surface area (Å²) in [5.74, 6) is 0.951. The molecule has 0 spiro atoms. The molecular formula is C15H26N4O3S. The summed E-state index contributed by atoms with van der Waals surface area (Å²) in [5.41, 5.74) is 0.999. The minimum absolute atomic E-state index is 0.319. The van der Waals surface area contributed by atoms with E-state index in [1.807, 2.05) is 17.8 Å². The van der Waals surface area contributed by atoms with Crippen molar-refractivity contribution in [3.8, 4) is 0 Å². The van der Waals surface area contributed by atoms with E-state index in [1.54, 1.807) is 4.31 Å². The van der Waals surface area contributed by atoms with Crippen LogP contribution in [0.5, 0.6) is 0 Å². The van der Waals surface area contributed by atoms with Crippen LogP contribution >= 0.6 is 0 Å². The van der Waals surface area contributed by atoms with Crippen LogP contribution in [0, 0.1) is 5.92 Å². The van der Waals surface area contributed by atoms with Gasteiger partial charge in [-0.15, -0.1) is 5.10 Å². The molecule has 0 atom stereocenters. The highest BCUT2D eigenvalue weighted by Gasteiger charge is 2.31. The van der Waals surface area contributed by atoms with Gasteiger partial charge >= 0.3 is 0 Å². The van der Waals surface area contributed by atoms with E-state index in [0.29, 0.717) is 31.0 Å². The summed E-state index contributed by atoms with van der Waals surface area (Å²) >= 11 is 0. The molecule has 23 heavy (non-hydrogen) atoms. The number of nitrogens with zero attached hydrogens (tertiary/aromatic N) is 4. The molecule has 0 aromatic carbocycles. The van der Waals surface area contributed by atoms with Crippen LogP contribution in [-0.2, 0) is 21.3 Å². The zero-order valence-corrected chi connectivity index (χ0v) is 14.7. The quantitative estimate of drug-likeness (QED) is 0.777. The smallest absolute Gasteiger partial charge is 0.211 e. The van der Waals surface area contributed by atoms with E-state index in [0.717, 1.165) is 44.5 Å². The molecular weight excluding hydrogens is 316 g/mol. The topological polar surface area (TPSA) is 77.3 Å². The number of ether oxygens (including phenoxy) is 1. The van der Waals surface area contributed by atoms with Crippen molar-refractivity contribution in [2.75, 3.05) is 26.0 Å². The Hall–Kier alpha value is -0.990. The van der Waals surface area contributed by atoms with Gasteiger partial charge in [-0.25, -0.2) is 12.7 Å². The van der Waals surface area contributed by atoms with Crippen LogP contribution in [0.2, 0.25) is 0 Å². The zero-order chi connectivity index (χ0) is 16.4. The number of piperidine rings is 1. The molecule has 8 heteroatoms. The van der Waals surface area contributed by atoms with Crippen molar-refractivity contribution in [3.05, 3.63) is 11.9 Å². The third kappa shape index (κ3) is 4.10. The van der Waals surface area contributed by atoms with Crippen molar-refractivity contribution >= 4 is 10.0 Å². The van der Waals surface area contributed by atoms with Gasteiger partial charge in [0.2, 0.25) is 10.0 Å². The number of rotatable bonds is 6. The first-order valence-corrected chi connectivity index (χ1v) is 10.3. The fraction of sp³-hybridized carbons (Fsp3) is 0.867. The Balaban J connectivity index is 1.49. The normalized spacial score (nSPS) is 27.0. The van der Waals surface area contributed by atoms with E-state index in [9.17, 15) is 8.42 Å². The highest BCUT2D eigenvalue weighted by Crippen LogP contribution is 2.32. The fourth-order valence-electron chi connectivity index (χ4n) is 3.53. The van der Waals surface area contributed by atoms with Crippen molar-refractivity contribution in [1.29, 1.82) is 0 Å². The van der Waals surface area contributed by atoms with Crippen LogP contribution in [0.3, 0.4) is 0 Å². The lowest BCUT2D eigenvalue weighted by Crippen LogP contribution is -2.37. The third-order valence-corrected chi connectivity index (χ3v) is 6.24. The molecule has 1 aliphatic carbocycles. The van der Waals surface area contributed by atoms with Gasteiger partial charge in [0.25, 0.3) is 0 Å². The zero-order valence-electron chi connectivity index (χ0n) is 13.9. The molecule has 7 nitrogen and oxygen atoms in total. The van der Waals surface area contributed by atoms with Crippen LogP contribution in [-0.4, -0.2) is 59.8 Å². The molecule has 2 fully saturated rings. The molecule has 0 bridgehead atoms. The maximum absolute atomic E-state index is 11.6. The SMILES string of the molecule is CCOC1CC(Cn2cc(C3CCN(S(C)(=O)=O)CC3)nn2)C1. The van der Waals surface area contributed by atoms with Gasteiger partial charge in [-0.3, -0.25) is 4.68 Å². The van der Waals surface area contributed by atoms with Crippen LogP contribution in [0.25, 0.3) is 0 Å². The Bertz CT molecular complexity index is 616. The van der Waals surface area contributed by atoms with Crippen LogP contribution in [0.4, 0.5) is 0 Å². The molecule has 0 N–H and O–H groups in total. The van der Waals surface area contributed by atoms with E-state index >= 15 is 0 Å². The second kappa shape index (κ2) is 6.86. The van der Waals surface area contributed by atoms with Crippen molar-refractivity contribution in [2.24, 2.45) is 5.92 Å². The Labute approximate surface area is 138 Å². The largest absolute Gasteiger partial charge is 0.378 e. The third-order valence-electron chi connectivity index (χ3n) is 4.94. The summed E-state index contributed by atoms with van der Waals surface area (Å²) in [7, 11) is -3.07. The van der Waals surface area contributed by atoms with Crippen LogP contribution in [0.1, 0.15) is 44.2 Å². The molecule has 3 rings (SSSR count).